The number of hydrogen-bond acceptors (Lipinski definition) is 6. The number of rotatable bonds is 5. The normalized spacial score (nSPS) is 12.4. The first kappa shape index (κ1) is 20.1. The lowest BCUT2D eigenvalue weighted by molar-refractivity contribution is 0.0123. The first-order valence-corrected chi connectivity index (χ1v) is 9.50. The molecule has 0 fully saturated rings. The summed E-state index contributed by atoms with van der Waals surface area (Å²) in [6.45, 7) is 1.93. The van der Waals surface area contributed by atoms with Crippen LogP contribution in [0.25, 0.3) is 27.9 Å². The number of aromatic nitrogens is 3. The van der Waals surface area contributed by atoms with Gasteiger partial charge in [0.05, 0.1) is 28.4 Å². The summed E-state index contributed by atoms with van der Waals surface area (Å²) in [7, 11) is 1.51. The van der Waals surface area contributed by atoms with Gasteiger partial charge in [0, 0.05) is 7.11 Å². The summed E-state index contributed by atoms with van der Waals surface area (Å²) in [5.41, 5.74) is 8.70. The van der Waals surface area contributed by atoms with Crippen molar-refractivity contribution in [3.63, 3.8) is 0 Å². The molecule has 0 aliphatic rings. The van der Waals surface area contributed by atoms with Crippen LogP contribution in [0, 0.1) is 5.82 Å². The second kappa shape index (κ2) is 7.89. The van der Waals surface area contributed by atoms with Gasteiger partial charge in [-0.25, -0.2) is 19.2 Å². The van der Waals surface area contributed by atoms with Crippen molar-refractivity contribution in [3.8, 4) is 5.69 Å². The third-order valence-electron chi connectivity index (χ3n) is 4.57. The predicted octanol–water partition coefficient (Wildman–Crippen LogP) is 4.14. The smallest absolute Gasteiger partial charge is 0.344 e. The predicted molar refractivity (Wildman–Crippen MR) is 113 cm³/mol. The Bertz CT molecular complexity index is 1270. The molecule has 154 valence electrons. The van der Waals surface area contributed by atoms with Crippen LogP contribution >= 0.6 is 11.6 Å². The lowest BCUT2D eigenvalue weighted by Crippen LogP contribution is -2.20. The summed E-state index contributed by atoms with van der Waals surface area (Å²) in [6, 6.07) is 11.4. The van der Waals surface area contributed by atoms with Crippen LogP contribution in [0.2, 0.25) is 5.02 Å². The third kappa shape index (κ3) is 3.44. The highest BCUT2D eigenvalue weighted by molar-refractivity contribution is 6.31. The number of hydrogen-bond donors (Lipinski definition) is 1. The van der Waals surface area contributed by atoms with E-state index < -0.39 is 17.9 Å². The number of benzene rings is 2. The summed E-state index contributed by atoms with van der Waals surface area (Å²) >= 11 is 5.96. The van der Waals surface area contributed by atoms with E-state index in [9.17, 15) is 9.18 Å². The number of fused-ring (bicyclic) bond motifs is 2. The van der Waals surface area contributed by atoms with Crippen LogP contribution < -0.4 is 5.73 Å². The average Bonchev–Trinajstić information content (AvgIpc) is 2.99. The lowest BCUT2D eigenvalue weighted by Gasteiger charge is -2.12. The van der Waals surface area contributed by atoms with E-state index in [1.54, 1.807) is 19.1 Å². The van der Waals surface area contributed by atoms with Crippen LogP contribution in [0.3, 0.4) is 0 Å². The Morgan fingerprint density at radius 3 is 2.60 bits per heavy atom. The molecule has 2 aromatic heterocycles. The topological polar surface area (TPSA) is 92.3 Å². The highest BCUT2D eigenvalue weighted by Gasteiger charge is 2.27. The zero-order valence-electron chi connectivity index (χ0n) is 16.2. The minimum absolute atomic E-state index is 0.0672. The maximum atomic E-state index is 13.7. The molecule has 7 nitrogen and oxygen atoms in total. The number of nitrogens with zero attached hydrogens (tertiary/aromatic N) is 3. The average molecular weight is 429 g/mol. The fourth-order valence-corrected chi connectivity index (χ4v) is 3.43. The van der Waals surface area contributed by atoms with Crippen molar-refractivity contribution in [1.29, 1.82) is 0 Å². The Kier molecular flexibility index (Phi) is 5.27. The molecule has 4 aromatic rings. The fourth-order valence-electron chi connectivity index (χ4n) is 3.26. The van der Waals surface area contributed by atoms with E-state index in [1.807, 2.05) is 12.1 Å². The number of nitrogen functional groups attached to an aromatic ring is 1. The van der Waals surface area contributed by atoms with Gasteiger partial charge < -0.3 is 15.2 Å². The number of nitrogens with two attached hydrogens (primary N) is 1. The highest BCUT2D eigenvalue weighted by Crippen LogP contribution is 2.32. The van der Waals surface area contributed by atoms with Gasteiger partial charge in [0.25, 0.3) is 0 Å². The maximum Gasteiger partial charge on any atom is 0.344 e. The lowest BCUT2D eigenvalue weighted by atomic mass is 10.2. The number of carbonyl (C=O) groups is 1. The van der Waals surface area contributed by atoms with E-state index in [1.165, 1.54) is 29.9 Å². The van der Waals surface area contributed by atoms with Gasteiger partial charge in [0.2, 0.25) is 0 Å². The Labute approximate surface area is 176 Å². The monoisotopic (exact) mass is 428 g/mol. The molecule has 9 heteroatoms. The molecule has 1 atom stereocenters. The van der Waals surface area contributed by atoms with Crippen molar-refractivity contribution in [3.05, 3.63) is 58.9 Å². The third-order valence-corrected chi connectivity index (χ3v) is 4.86. The number of esters is 1. The van der Waals surface area contributed by atoms with Gasteiger partial charge in [-0.05, 0) is 37.3 Å². The largest absolute Gasteiger partial charge is 0.456 e. The number of ether oxygens (including phenoxy) is 2. The van der Waals surface area contributed by atoms with Gasteiger partial charge in [-0.15, -0.1) is 0 Å². The van der Waals surface area contributed by atoms with E-state index >= 15 is 0 Å². The fraction of sp³-hybridized carbons (Fsp3) is 0.190. The van der Waals surface area contributed by atoms with E-state index in [-0.39, 0.29) is 28.5 Å². The molecule has 0 spiro atoms. The van der Waals surface area contributed by atoms with E-state index in [2.05, 4.69) is 9.97 Å². The zero-order chi connectivity index (χ0) is 21.4. The van der Waals surface area contributed by atoms with E-state index in [4.69, 9.17) is 26.8 Å². The summed E-state index contributed by atoms with van der Waals surface area (Å²) in [6.07, 6.45) is -0.492. The number of carbonyl (C=O) groups excluding carboxylic acids is 1. The van der Waals surface area contributed by atoms with Crippen LogP contribution in [0.4, 0.5) is 10.2 Å². The Morgan fingerprint density at radius 1 is 1.23 bits per heavy atom. The molecule has 4 rings (SSSR count). The van der Waals surface area contributed by atoms with Crippen LogP contribution in [0.1, 0.15) is 17.3 Å². The van der Waals surface area contributed by atoms with Crippen molar-refractivity contribution < 1.29 is 18.7 Å². The van der Waals surface area contributed by atoms with E-state index in [0.29, 0.717) is 22.4 Å². The Morgan fingerprint density at radius 2 is 1.93 bits per heavy atom. The van der Waals surface area contributed by atoms with Crippen molar-refractivity contribution >= 4 is 45.6 Å². The molecule has 0 saturated carbocycles. The Balaban J connectivity index is 1.98. The summed E-state index contributed by atoms with van der Waals surface area (Å²) in [4.78, 5) is 22.2. The molecule has 2 N–H and O–H groups in total. The molecule has 0 radical (unpaired) electrons. The first-order valence-electron chi connectivity index (χ1n) is 9.12. The summed E-state index contributed by atoms with van der Waals surface area (Å²) in [5.74, 6) is -1.16. The van der Waals surface area contributed by atoms with Gasteiger partial charge in [-0.2, -0.15) is 0 Å². The maximum absolute atomic E-state index is 13.7. The molecule has 0 amide bonds. The molecule has 1 unspecified atom stereocenters. The SMILES string of the molecule is COCC(C)OC(=O)c1c(N)n(-c2ccc(F)c(Cl)c2)c2nc3ccccc3nc12. The summed E-state index contributed by atoms with van der Waals surface area (Å²) in [5, 5.41) is -0.0830. The number of anilines is 1. The molecule has 30 heavy (non-hydrogen) atoms. The van der Waals surface area contributed by atoms with Crippen LogP contribution in [-0.4, -0.2) is 40.3 Å². The Hall–Kier alpha value is -3.23. The van der Waals surface area contributed by atoms with Gasteiger partial charge in [-0.1, -0.05) is 23.7 Å². The molecular weight excluding hydrogens is 411 g/mol. The minimum Gasteiger partial charge on any atom is -0.456 e. The molecule has 0 bridgehead atoms. The molecule has 2 heterocycles. The number of methoxy groups -OCH3 is 1. The molecule has 0 aliphatic heterocycles. The van der Waals surface area contributed by atoms with E-state index in [0.717, 1.165) is 0 Å². The number of para-hydroxylation sites is 2. The highest BCUT2D eigenvalue weighted by atomic mass is 35.5. The van der Waals surface area contributed by atoms with Crippen molar-refractivity contribution in [1.82, 2.24) is 14.5 Å². The molecule has 2 aromatic carbocycles. The van der Waals surface area contributed by atoms with Gasteiger partial charge in [0.15, 0.2) is 5.65 Å². The van der Waals surface area contributed by atoms with Gasteiger partial charge >= 0.3 is 5.97 Å². The van der Waals surface area contributed by atoms with Gasteiger partial charge in [-0.3, -0.25) is 4.57 Å². The van der Waals surface area contributed by atoms with Gasteiger partial charge in [0.1, 0.15) is 28.8 Å². The van der Waals surface area contributed by atoms with Crippen molar-refractivity contribution in [2.75, 3.05) is 19.5 Å². The molecular formula is C21H18ClFN4O3. The molecule has 0 saturated heterocycles. The van der Waals surface area contributed by atoms with Crippen molar-refractivity contribution in [2.45, 2.75) is 13.0 Å². The quantitative estimate of drug-likeness (QED) is 0.480. The second-order valence-corrected chi connectivity index (χ2v) is 7.16. The molecule has 0 aliphatic carbocycles. The van der Waals surface area contributed by atoms with Crippen molar-refractivity contribution in [2.24, 2.45) is 0 Å². The van der Waals surface area contributed by atoms with Crippen LogP contribution in [0.15, 0.2) is 42.5 Å². The zero-order valence-corrected chi connectivity index (χ0v) is 17.0. The van der Waals surface area contributed by atoms with Crippen LogP contribution in [0.5, 0.6) is 0 Å². The number of halogens is 2. The second-order valence-electron chi connectivity index (χ2n) is 6.75. The minimum atomic E-state index is -0.654. The first-order chi connectivity index (χ1) is 14.4. The van der Waals surface area contributed by atoms with Crippen LogP contribution in [-0.2, 0) is 9.47 Å². The standard InChI is InChI=1S/C21H18ClFN4O3/c1-11(10-29-2)30-21(28)17-18-20(26-16-6-4-3-5-15(16)25-18)27(19(17)24)12-7-8-14(23)13(22)9-12/h3-9,11H,10,24H2,1-2H3. The summed E-state index contributed by atoms with van der Waals surface area (Å²) < 4.78 is 25.7.